The van der Waals surface area contributed by atoms with Crippen LogP contribution in [0.4, 0.5) is 0 Å². The molecule has 0 aromatic carbocycles. The minimum atomic E-state index is -0.592. The Balaban J connectivity index is 2.66. The van der Waals surface area contributed by atoms with Crippen molar-refractivity contribution in [1.82, 2.24) is 4.90 Å². The minimum absolute atomic E-state index is 0.0654. The zero-order valence-electron chi connectivity index (χ0n) is 10.9. The Morgan fingerprint density at radius 2 is 2.06 bits per heavy atom. The molecule has 1 heterocycles. The highest BCUT2D eigenvalue weighted by atomic mass is 16.2. The smallest absolute Gasteiger partial charge is 0.239 e. The van der Waals surface area contributed by atoms with Crippen LogP contribution in [-0.2, 0) is 9.59 Å². The van der Waals surface area contributed by atoms with Gasteiger partial charge in [-0.25, -0.2) is 0 Å². The van der Waals surface area contributed by atoms with Gasteiger partial charge < -0.3 is 16.4 Å². The number of carbonyl (C=O) groups excluding carboxylic acids is 2. The monoisotopic (exact) mass is 241 g/mol. The van der Waals surface area contributed by atoms with E-state index in [2.05, 4.69) is 0 Å². The first kappa shape index (κ1) is 14.0. The van der Waals surface area contributed by atoms with E-state index in [0.717, 1.165) is 6.42 Å². The number of hydrogen-bond acceptors (Lipinski definition) is 3. The lowest BCUT2D eigenvalue weighted by Crippen LogP contribution is -2.47. The first-order chi connectivity index (χ1) is 7.81. The Kier molecular flexibility index (Phi) is 4.14. The summed E-state index contributed by atoms with van der Waals surface area (Å²) in [6, 6.07) is -0.477. The summed E-state index contributed by atoms with van der Waals surface area (Å²) in [4.78, 5) is 25.1. The predicted molar refractivity (Wildman–Crippen MR) is 65.9 cm³/mol. The fraction of sp³-hybridized carbons (Fsp3) is 0.833. The van der Waals surface area contributed by atoms with Crippen LogP contribution < -0.4 is 11.5 Å². The molecular weight excluding hydrogens is 218 g/mol. The zero-order valence-corrected chi connectivity index (χ0v) is 10.9. The van der Waals surface area contributed by atoms with Crippen LogP contribution in [0.3, 0.4) is 0 Å². The van der Waals surface area contributed by atoms with Crippen molar-refractivity contribution >= 4 is 11.8 Å². The third-order valence-corrected chi connectivity index (χ3v) is 3.92. The number of nitrogens with zero attached hydrogens (tertiary/aromatic N) is 1. The molecule has 0 bridgehead atoms. The molecule has 1 rings (SSSR count). The van der Waals surface area contributed by atoms with Gasteiger partial charge in [0.2, 0.25) is 11.8 Å². The second-order valence-electron chi connectivity index (χ2n) is 5.35. The minimum Gasteiger partial charge on any atom is -0.369 e. The lowest BCUT2D eigenvalue weighted by atomic mass is 9.89. The van der Waals surface area contributed by atoms with Crippen molar-refractivity contribution in [2.75, 3.05) is 13.1 Å². The normalized spacial score (nSPS) is 27.9. The molecule has 1 aliphatic heterocycles. The van der Waals surface area contributed by atoms with Crippen LogP contribution in [0.25, 0.3) is 0 Å². The van der Waals surface area contributed by atoms with E-state index >= 15 is 0 Å². The fourth-order valence-corrected chi connectivity index (χ4v) is 2.06. The molecule has 5 heteroatoms. The topological polar surface area (TPSA) is 89.4 Å². The molecule has 1 saturated heterocycles. The standard InChI is InChI=1S/C12H23N3O2/c1-4-8(2)9(13)10(16)15-6-5-12(3,7-15)11(14)17/h8-9H,4-7,13H2,1-3H3,(H2,14,17)/t8-,9-,12?/m0/s1. The Morgan fingerprint density at radius 3 is 2.47 bits per heavy atom. The first-order valence-corrected chi connectivity index (χ1v) is 6.16. The van der Waals surface area contributed by atoms with Crippen molar-refractivity contribution in [3.63, 3.8) is 0 Å². The molecule has 0 aromatic rings. The number of rotatable bonds is 4. The molecule has 5 nitrogen and oxygen atoms in total. The second kappa shape index (κ2) is 5.04. The molecule has 17 heavy (non-hydrogen) atoms. The van der Waals surface area contributed by atoms with Gasteiger partial charge in [0.15, 0.2) is 0 Å². The summed E-state index contributed by atoms with van der Waals surface area (Å²) < 4.78 is 0. The number of likely N-dealkylation sites (tertiary alicyclic amines) is 1. The van der Waals surface area contributed by atoms with Gasteiger partial charge >= 0.3 is 0 Å². The summed E-state index contributed by atoms with van der Waals surface area (Å²) in [5.74, 6) is -0.253. The highest BCUT2D eigenvalue weighted by Crippen LogP contribution is 2.30. The average molecular weight is 241 g/mol. The van der Waals surface area contributed by atoms with Crippen LogP contribution >= 0.6 is 0 Å². The Hall–Kier alpha value is -1.10. The highest BCUT2D eigenvalue weighted by molar-refractivity contribution is 5.85. The number of nitrogens with two attached hydrogens (primary N) is 2. The zero-order chi connectivity index (χ0) is 13.2. The van der Waals surface area contributed by atoms with E-state index in [9.17, 15) is 9.59 Å². The van der Waals surface area contributed by atoms with E-state index in [4.69, 9.17) is 11.5 Å². The first-order valence-electron chi connectivity index (χ1n) is 6.16. The summed E-state index contributed by atoms with van der Waals surface area (Å²) in [6.07, 6.45) is 1.50. The van der Waals surface area contributed by atoms with Gasteiger partial charge in [-0.1, -0.05) is 20.3 Å². The Morgan fingerprint density at radius 1 is 1.47 bits per heavy atom. The van der Waals surface area contributed by atoms with Gasteiger partial charge in [-0.15, -0.1) is 0 Å². The molecule has 98 valence electrons. The maximum Gasteiger partial charge on any atom is 0.239 e. The molecule has 2 amide bonds. The van der Waals surface area contributed by atoms with E-state index in [1.165, 1.54) is 0 Å². The van der Waals surface area contributed by atoms with E-state index in [1.807, 2.05) is 13.8 Å². The van der Waals surface area contributed by atoms with Crippen molar-refractivity contribution in [1.29, 1.82) is 0 Å². The molecule has 0 saturated carbocycles. The van der Waals surface area contributed by atoms with Gasteiger partial charge in [-0.3, -0.25) is 9.59 Å². The van der Waals surface area contributed by atoms with Gasteiger partial charge in [0.25, 0.3) is 0 Å². The van der Waals surface area contributed by atoms with Crippen LogP contribution in [0.15, 0.2) is 0 Å². The van der Waals surface area contributed by atoms with E-state index in [-0.39, 0.29) is 17.7 Å². The summed E-state index contributed by atoms with van der Waals surface area (Å²) in [5.41, 5.74) is 10.7. The van der Waals surface area contributed by atoms with Gasteiger partial charge in [-0.05, 0) is 19.3 Å². The van der Waals surface area contributed by atoms with E-state index < -0.39 is 11.5 Å². The van der Waals surface area contributed by atoms with Crippen LogP contribution in [0, 0.1) is 11.3 Å². The second-order valence-corrected chi connectivity index (χ2v) is 5.35. The molecule has 0 spiro atoms. The van der Waals surface area contributed by atoms with E-state index in [1.54, 1.807) is 11.8 Å². The quantitative estimate of drug-likeness (QED) is 0.730. The van der Waals surface area contributed by atoms with Crippen LogP contribution in [0.2, 0.25) is 0 Å². The maximum atomic E-state index is 12.1. The van der Waals surface area contributed by atoms with Crippen molar-refractivity contribution < 1.29 is 9.59 Å². The fourth-order valence-electron chi connectivity index (χ4n) is 2.06. The SMILES string of the molecule is CC[C@H](C)[C@H](N)C(=O)N1CCC(C)(C(N)=O)C1. The third-order valence-electron chi connectivity index (χ3n) is 3.92. The molecular formula is C12H23N3O2. The molecule has 0 radical (unpaired) electrons. The lowest BCUT2D eigenvalue weighted by Gasteiger charge is -2.26. The van der Waals surface area contributed by atoms with Gasteiger partial charge in [0, 0.05) is 13.1 Å². The molecule has 0 aromatic heterocycles. The summed E-state index contributed by atoms with van der Waals surface area (Å²) in [5, 5.41) is 0. The summed E-state index contributed by atoms with van der Waals surface area (Å²) in [7, 11) is 0. The van der Waals surface area contributed by atoms with E-state index in [0.29, 0.717) is 19.5 Å². The van der Waals surface area contributed by atoms with Crippen molar-refractivity contribution in [2.45, 2.75) is 39.7 Å². The molecule has 1 unspecified atom stereocenters. The highest BCUT2D eigenvalue weighted by Gasteiger charge is 2.41. The Bertz CT molecular complexity index is 319. The number of primary amides is 1. The van der Waals surface area contributed by atoms with Gasteiger partial charge in [-0.2, -0.15) is 0 Å². The molecule has 0 aliphatic carbocycles. The van der Waals surface area contributed by atoms with Crippen LogP contribution in [0.1, 0.15) is 33.6 Å². The lowest BCUT2D eigenvalue weighted by molar-refractivity contribution is -0.133. The van der Waals surface area contributed by atoms with Gasteiger partial charge in [0.05, 0.1) is 11.5 Å². The maximum absolute atomic E-state index is 12.1. The molecule has 4 N–H and O–H groups in total. The number of amides is 2. The van der Waals surface area contributed by atoms with Crippen molar-refractivity contribution in [2.24, 2.45) is 22.8 Å². The summed E-state index contributed by atoms with van der Waals surface area (Å²) in [6.45, 7) is 6.74. The summed E-state index contributed by atoms with van der Waals surface area (Å²) >= 11 is 0. The largest absolute Gasteiger partial charge is 0.369 e. The number of hydrogen-bond donors (Lipinski definition) is 2. The third kappa shape index (κ3) is 2.77. The van der Waals surface area contributed by atoms with Crippen molar-refractivity contribution in [3.05, 3.63) is 0 Å². The average Bonchev–Trinajstić information content (AvgIpc) is 2.70. The molecule has 1 fully saturated rings. The predicted octanol–water partition coefficient (Wildman–Crippen LogP) is 0.0837. The molecule has 3 atom stereocenters. The molecule has 1 aliphatic rings. The van der Waals surface area contributed by atoms with Crippen LogP contribution in [0.5, 0.6) is 0 Å². The van der Waals surface area contributed by atoms with Gasteiger partial charge in [0.1, 0.15) is 0 Å². The van der Waals surface area contributed by atoms with Crippen LogP contribution in [-0.4, -0.2) is 35.8 Å². The van der Waals surface area contributed by atoms with Crippen molar-refractivity contribution in [3.8, 4) is 0 Å². The Labute approximate surface area is 103 Å². The number of carbonyl (C=O) groups is 2.